The Labute approximate surface area is 213 Å². The number of benzene rings is 1. The maximum Gasteiger partial charge on any atom is 0.365 e. The van der Waals surface area contributed by atoms with E-state index in [9.17, 15) is 4.79 Å². The summed E-state index contributed by atoms with van der Waals surface area (Å²) in [5.74, 6) is 1.45. The maximum absolute atomic E-state index is 12.4. The lowest BCUT2D eigenvalue weighted by Gasteiger charge is -2.33. The summed E-state index contributed by atoms with van der Waals surface area (Å²) in [6.07, 6.45) is 13.1. The first-order valence-electron chi connectivity index (χ1n) is 14.1. The van der Waals surface area contributed by atoms with Crippen LogP contribution in [0.15, 0.2) is 27.5 Å². The molecule has 2 unspecified atom stereocenters. The van der Waals surface area contributed by atoms with Crippen LogP contribution < -0.4 is 21.1 Å². The van der Waals surface area contributed by atoms with Gasteiger partial charge in [-0.15, -0.1) is 0 Å². The Morgan fingerprint density at radius 3 is 2.09 bits per heavy atom. The van der Waals surface area contributed by atoms with Gasteiger partial charge in [-0.1, -0.05) is 79.2 Å². The van der Waals surface area contributed by atoms with E-state index in [4.69, 9.17) is 4.52 Å². The number of aromatic nitrogens is 1. The molecule has 0 saturated carbocycles. The minimum Gasteiger partial charge on any atom is -0.371 e. The van der Waals surface area contributed by atoms with Crippen LogP contribution in [0.5, 0.6) is 0 Å². The molecule has 1 aromatic heterocycles. The zero-order valence-corrected chi connectivity index (χ0v) is 23.5. The summed E-state index contributed by atoms with van der Waals surface area (Å²) in [7, 11) is 0. The van der Waals surface area contributed by atoms with Crippen molar-refractivity contribution in [2.45, 2.75) is 106 Å². The Bertz CT molecular complexity index is 1040. The number of H-pyrrole nitrogens is 1. The van der Waals surface area contributed by atoms with Crippen molar-refractivity contribution in [1.29, 1.82) is 0 Å². The van der Waals surface area contributed by atoms with E-state index >= 15 is 0 Å². The summed E-state index contributed by atoms with van der Waals surface area (Å²) < 4.78 is 5.13. The first kappa shape index (κ1) is 29.0. The summed E-state index contributed by atoms with van der Waals surface area (Å²) in [6, 6.07) is 6.74. The molecule has 2 rings (SSSR count). The van der Waals surface area contributed by atoms with E-state index in [1.807, 2.05) is 13.0 Å². The van der Waals surface area contributed by atoms with Crippen LogP contribution in [0.3, 0.4) is 0 Å². The lowest BCUT2D eigenvalue weighted by molar-refractivity contribution is 0.386. The van der Waals surface area contributed by atoms with Crippen molar-refractivity contribution in [3.8, 4) is 0 Å². The minimum atomic E-state index is -0.304. The summed E-state index contributed by atoms with van der Waals surface area (Å²) in [5, 5.41) is 4.25. The summed E-state index contributed by atoms with van der Waals surface area (Å²) in [5.41, 5.74) is 4.39. The normalized spacial score (nSPS) is 14.8. The Morgan fingerprint density at radius 1 is 1.00 bits per heavy atom. The van der Waals surface area contributed by atoms with Gasteiger partial charge in [-0.2, -0.15) is 0 Å². The van der Waals surface area contributed by atoms with Crippen molar-refractivity contribution in [1.82, 2.24) is 5.16 Å². The van der Waals surface area contributed by atoms with Crippen LogP contribution in [0.2, 0.25) is 0 Å². The van der Waals surface area contributed by atoms with Gasteiger partial charge in [0.15, 0.2) is 0 Å². The zero-order chi connectivity index (χ0) is 25.8. The Kier molecular flexibility index (Phi) is 12.4. The number of hydrogen-bond donors (Lipinski definition) is 1. The SMILES string of the molecule is CCCCC(CC)CN(CC(CC)CCCC)c1ccc(C=c2c(=C(C)CC)[nH]oc2=O)c(C)c1. The Morgan fingerprint density at radius 2 is 1.60 bits per heavy atom. The fraction of sp³-hybridized carbons (Fsp3) is 0.645. The van der Waals surface area contributed by atoms with E-state index in [1.54, 1.807) is 0 Å². The van der Waals surface area contributed by atoms with Crippen molar-refractivity contribution < 1.29 is 4.52 Å². The molecule has 0 saturated heterocycles. The number of hydrogen-bond acceptors (Lipinski definition) is 3. The number of aryl methyl sites for hydroxylation is 1. The first-order chi connectivity index (χ1) is 16.9. The van der Waals surface area contributed by atoms with E-state index in [1.165, 1.54) is 62.6 Å². The average Bonchev–Trinajstić information content (AvgIpc) is 3.23. The van der Waals surface area contributed by atoms with E-state index in [-0.39, 0.29) is 5.63 Å². The van der Waals surface area contributed by atoms with Crippen LogP contribution in [0.25, 0.3) is 11.6 Å². The van der Waals surface area contributed by atoms with Gasteiger partial charge < -0.3 is 9.42 Å². The van der Waals surface area contributed by atoms with Crippen molar-refractivity contribution >= 4 is 17.3 Å². The zero-order valence-electron chi connectivity index (χ0n) is 23.5. The van der Waals surface area contributed by atoms with Crippen LogP contribution in [0.4, 0.5) is 5.69 Å². The molecular formula is C31H50N2O2. The number of unbranched alkanes of at least 4 members (excludes halogenated alkanes) is 2. The molecule has 4 heteroatoms. The highest BCUT2D eigenvalue weighted by Crippen LogP contribution is 2.26. The molecule has 0 aliphatic rings. The van der Waals surface area contributed by atoms with Gasteiger partial charge in [0, 0.05) is 18.8 Å². The molecule has 0 amide bonds. The highest BCUT2D eigenvalue weighted by Gasteiger charge is 2.18. The molecule has 0 radical (unpaired) electrons. The molecule has 0 bridgehead atoms. The monoisotopic (exact) mass is 482 g/mol. The van der Waals surface area contributed by atoms with E-state index in [2.05, 4.69) is 69.8 Å². The first-order valence-corrected chi connectivity index (χ1v) is 14.1. The third-order valence-corrected chi connectivity index (χ3v) is 7.65. The van der Waals surface area contributed by atoms with Gasteiger partial charge in [0.2, 0.25) is 0 Å². The van der Waals surface area contributed by atoms with Crippen molar-refractivity contribution in [2.24, 2.45) is 11.8 Å². The Balaban J connectivity index is 2.43. The molecule has 4 nitrogen and oxygen atoms in total. The third-order valence-electron chi connectivity index (χ3n) is 7.65. The van der Waals surface area contributed by atoms with Gasteiger partial charge in [0.25, 0.3) is 0 Å². The highest BCUT2D eigenvalue weighted by atomic mass is 16.5. The summed E-state index contributed by atoms with van der Waals surface area (Å²) >= 11 is 0. The lowest BCUT2D eigenvalue weighted by Crippen LogP contribution is -2.34. The fourth-order valence-corrected chi connectivity index (χ4v) is 4.85. The van der Waals surface area contributed by atoms with Gasteiger partial charge in [0.1, 0.15) is 0 Å². The van der Waals surface area contributed by atoms with E-state index in [0.29, 0.717) is 5.22 Å². The van der Waals surface area contributed by atoms with Crippen LogP contribution in [-0.2, 0) is 0 Å². The number of anilines is 1. The second-order valence-corrected chi connectivity index (χ2v) is 10.3. The fourth-order valence-electron chi connectivity index (χ4n) is 4.85. The largest absolute Gasteiger partial charge is 0.371 e. The highest BCUT2D eigenvalue weighted by molar-refractivity contribution is 5.60. The molecule has 1 N–H and O–H groups in total. The predicted octanol–water partition coefficient (Wildman–Crippen LogP) is 6.92. The quantitative estimate of drug-likeness (QED) is 0.299. The number of nitrogens with one attached hydrogen (secondary N) is 1. The van der Waals surface area contributed by atoms with Crippen LogP contribution in [0.1, 0.15) is 110 Å². The van der Waals surface area contributed by atoms with Gasteiger partial charge >= 0.3 is 5.63 Å². The number of aromatic amines is 1. The molecule has 2 aromatic rings. The van der Waals surface area contributed by atoms with Crippen molar-refractivity contribution in [3.63, 3.8) is 0 Å². The topological polar surface area (TPSA) is 49.2 Å². The molecule has 0 aliphatic carbocycles. The van der Waals surface area contributed by atoms with Crippen LogP contribution in [-0.4, -0.2) is 18.2 Å². The van der Waals surface area contributed by atoms with Gasteiger partial charge in [-0.05, 0) is 79.9 Å². The smallest absolute Gasteiger partial charge is 0.365 e. The van der Waals surface area contributed by atoms with Crippen LogP contribution in [0, 0.1) is 18.8 Å². The molecule has 0 fully saturated rings. The molecule has 196 valence electrons. The number of rotatable bonds is 15. The molecule has 2 atom stereocenters. The van der Waals surface area contributed by atoms with Gasteiger partial charge in [-0.3, -0.25) is 0 Å². The predicted molar refractivity (Wildman–Crippen MR) is 152 cm³/mol. The third kappa shape index (κ3) is 8.44. The lowest BCUT2D eigenvalue weighted by atomic mass is 9.95. The average molecular weight is 483 g/mol. The summed E-state index contributed by atoms with van der Waals surface area (Å²) in [4.78, 5) is 15.0. The van der Waals surface area contributed by atoms with E-state index in [0.717, 1.165) is 47.8 Å². The second kappa shape index (κ2) is 15.0. The van der Waals surface area contributed by atoms with E-state index < -0.39 is 0 Å². The molecule has 0 aliphatic heterocycles. The second-order valence-electron chi connectivity index (χ2n) is 10.3. The van der Waals surface area contributed by atoms with Crippen molar-refractivity contribution in [2.75, 3.05) is 18.0 Å². The molecular weight excluding hydrogens is 432 g/mol. The summed E-state index contributed by atoms with van der Waals surface area (Å²) in [6.45, 7) is 17.8. The van der Waals surface area contributed by atoms with Gasteiger partial charge in [0.05, 0.1) is 10.6 Å². The molecule has 1 aromatic carbocycles. The minimum absolute atomic E-state index is 0.304. The standard InChI is InChI=1S/C31H50N2O2/c1-8-13-15-25(11-4)21-33(22-26(12-5)16-14-9-2)28-18-17-27(24(7)19-28)20-29-30(23(6)10-3)32-35-31(29)34/h17-20,25-26,32H,8-16,21-22H2,1-7H3. The van der Waals surface area contributed by atoms with Crippen molar-refractivity contribution in [3.05, 3.63) is 50.3 Å². The Hall–Kier alpha value is -2.23. The number of nitrogens with zero attached hydrogens (tertiary/aromatic N) is 1. The molecule has 35 heavy (non-hydrogen) atoms. The molecule has 0 spiro atoms. The molecule has 1 heterocycles. The maximum atomic E-state index is 12.4. The van der Waals surface area contributed by atoms with Crippen LogP contribution >= 0.6 is 0 Å². The van der Waals surface area contributed by atoms with Gasteiger partial charge in [-0.25, -0.2) is 9.95 Å².